The molecular formula is C21H25FN2O4. The van der Waals surface area contributed by atoms with Crippen molar-refractivity contribution in [3.8, 4) is 5.75 Å². The number of ether oxygens (including phenoxy) is 2. The molecule has 1 saturated carbocycles. The fourth-order valence-electron chi connectivity index (χ4n) is 3.53. The number of benzene rings is 1. The second-order valence-electron chi connectivity index (χ2n) is 8.90. The van der Waals surface area contributed by atoms with Gasteiger partial charge >= 0.3 is 6.09 Å². The van der Waals surface area contributed by atoms with Crippen LogP contribution in [0, 0.1) is 11.7 Å². The molecule has 4 rings (SSSR count). The van der Waals surface area contributed by atoms with Crippen LogP contribution in [0.4, 0.5) is 14.9 Å². The summed E-state index contributed by atoms with van der Waals surface area (Å²) in [5, 5.41) is 2.62. The maximum absolute atomic E-state index is 14.8. The third kappa shape index (κ3) is 3.34. The second-order valence-corrected chi connectivity index (χ2v) is 8.90. The summed E-state index contributed by atoms with van der Waals surface area (Å²) in [6.07, 6.45) is 3.47. The van der Waals surface area contributed by atoms with Gasteiger partial charge in [0.25, 0.3) is 5.91 Å². The first-order valence-corrected chi connectivity index (χ1v) is 9.63. The van der Waals surface area contributed by atoms with Crippen LogP contribution in [-0.4, -0.2) is 34.6 Å². The number of amides is 2. The number of fused-ring (bicyclic) bond motifs is 1. The van der Waals surface area contributed by atoms with Crippen molar-refractivity contribution in [2.24, 2.45) is 5.92 Å². The molecule has 1 N–H and O–H groups in total. The van der Waals surface area contributed by atoms with Crippen molar-refractivity contribution in [2.75, 3.05) is 11.9 Å². The highest BCUT2D eigenvalue weighted by Crippen LogP contribution is 2.48. The summed E-state index contributed by atoms with van der Waals surface area (Å²) < 4.78 is 26.1. The van der Waals surface area contributed by atoms with Gasteiger partial charge < -0.3 is 14.8 Å². The lowest BCUT2D eigenvalue weighted by Crippen LogP contribution is -2.40. The number of carbonyl (C=O) groups excluding carboxylic acids is 2. The summed E-state index contributed by atoms with van der Waals surface area (Å²) in [6, 6.07) is 3.02. The molecule has 1 fully saturated rings. The maximum atomic E-state index is 14.8. The van der Waals surface area contributed by atoms with Crippen LogP contribution in [-0.2, 0) is 9.53 Å². The van der Waals surface area contributed by atoms with Crippen molar-refractivity contribution < 1.29 is 23.5 Å². The first-order valence-electron chi connectivity index (χ1n) is 9.63. The molecule has 0 unspecified atom stereocenters. The third-order valence-corrected chi connectivity index (χ3v) is 5.12. The van der Waals surface area contributed by atoms with E-state index in [2.05, 4.69) is 5.32 Å². The molecule has 3 aliphatic rings. The van der Waals surface area contributed by atoms with E-state index in [9.17, 15) is 14.0 Å². The number of hydrogen-bond donors (Lipinski definition) is 1. The second kappa shape index (κ2) is 6.22. The Labute approximate surface area is 163 Å². The molecule has 1 atom stereocenters. The number of nitrogens with one attached hydrogen (secondary N) is 1. The first-order chi connectivity index (χ1) is 13.1. The van der Waals surface area contributed by atoms with E-state index in [-0.39, 0.29) is 17.5 Å². The zero-order valence-electron chi connectivity index (χ0n) is 16.6. The Balaban J connectivity index is 1.70. The summed E-state index contributed by atoms with van der Waals surface area (Å²) in [6.45, 7) is 7.97. The molecule has 0 radical (unpaired) electrons. The average Bonchev–Trinajstić information content (AvgIpc) is 3.35. The highest BCUT2D eigenvalue weighted by molar-refractivity contribution is 6.03. The molecule has 7 heteroatoms. The standard InChI is InChI=1S/C21H25FN2O4/c1-12-5-6-15(24(11-12)19(26)28-20(2,3)4)13-9-14(22)17-16(10-13)27-21(7-8-21)18(25)23-17/h6,9-10,12H,5,7-8,11H2,1-4H3,(H,23,25)/t12-/m0/s1. The van der Waals surface area contributed by atoms with E-state index in [1.54, 1.807) is 11.0 Å². The Morgan fingerprint density at radius 1 is 1.36 bits per heavy atom. The summed E-state index contributed by atoms with van der Waals surface area (Å²) in [4.78, 5) is 26.4. The minimum atomic E-state index is -0.863. The number of hydrogen-bond acceptors (Lipinski definition) is 4. The normalized spacial score (nSPS) is 22.8. The Morgan fingerprint density at radius 2 is 2.07 bits per heavy atom. The lowest BCUT2D eigenvalue weighted by molar-refractivity contribution is -0.125. The van der Waals surface area contributed by atoms with Crippen LogP contribution in [0.15, 0.2) is 18.2 Å². The van der Waals surface area contributed by atoms with E-state index < -0.39 is 23.1 Å². The quantitative estimate of drug-likeness (QED) is 0.779. The number of allylic oxidation sites excluding steroid dienone is 1. The lowest BCUT2D eigenvalue weighted by Gasteiger charge is -2.34. The van der Waals surface area contributed by atoms with E-state index in [0.29, 0.717) is 36.4 Å². The number of nitrogens with zero attached hydrogens (tertiary/aromatic N) is 1. The number of halogens is 1. The van der Waals surface area contributed by atoms with Crippen molar-refractivity contribution in [2.45, 2.75) is 58.2 Å². The van der Waals surface area contributed by atoms with Crippen LogP contribution in [0.3, 0.4) is 0 Å². The summed E-state index contributed by atoms with van der Waals surface area (Å²) in [5.74, 6) is -0.312. The maximum Gasteiger partial charge on any atom is 0.414 e. The molecule has 0 saturated heterocycles. The van der Waals surface area contributed by atoms with Gasteiger partial charge in [0.15, 0.2) is 11.4 Å². The van der Waals surface area contributed by atoms with E-state index in [0.717, 1.165) is 6.42 Å². The van der Waals surface area contributed by atoms with Gasteiger partial charge in [0.05, 0.1) is 5.70 Å². The zero-order valence-corrected chi connectivity index (χ0v) is 16.6. The van der Waals surface area contributed by atoms with Crippen molar-refractivity contribution in [3.05, 3.63) is 29.6 Å². The molecule has 0 aromatic heterocycles. The van der Waals surface area contributed by atoms with Gasteiger partial charge in [-0.3, -0.25) is 9.69 Å². The number of carbonyl (C=O) groups is 2. The number of rotatable bonds is 1. The molecule has 1 aromatic carbocycles. The Bertz CT molecular complexity index is 883. The van der Waals surface area contributed by atoms with Crippen LogP contribution in [0.2, 0.25) is 0 Å². The molecular weight excluding hydrogens is 363 g/mol. The third-order valence-electron chi connectivity index (χ3n) is 5.12. The number of anilines is 1. The van der Waals surface area contributed by atoms with Crippen LogP contribution in [0.25, 0.3) is 5.70 Å². The lowest BCUT2D eigenvalue weighted by atomic mass is 9.97. The topological polar surface area (TPSA) is 67.9 Å². The molecule has 2 aliphatic heterocycles. The van der Waals surface area contributed by atoms with E-state index in [4.69, 9.17) is 9.47 Å². The van der Waals surface area contributed by atoms with E-state index in [1.807, 2.05) is 33.8 Å². The molecule has 2 amide bonds. The Hall–Kier alpha value is -2.57. The molecule has 1 spiro atoms. The molecule has 6 nitrogen and oxygen atoms in total. The van der Waals surface area contributed by atoms with Crippen molar-refractivity contribution in [3.63, 3.8) is 0 Å². The summed E-state index contributed by atoms with van der Waals surface area (Å²) >= 11 is 0. The fourth-order valence-corrected chi connectivity index (χ4v) is 3.53. The van der Waals surface area contributed by atoms with Gasteiger partial charge in [-0.1, -0.05) is 13.0 Å². The fraction of sp³-hybridized carbons (Fsp3) is 0.524. The van der Waals surface area contributed by atoms with Gasteiger partial charge in [0, 0.05) is 24.9 Å². The van der Waals surface area contributed by atoms with Crippen LogP contribution in [0.1, 0.15) is 52.5 Å². The van der Waals surface area contributed by atoms with Crippen LogP contribution >= 0.6 is 0 Å². The minimum absolute atomic E-state index is 0.0554. The smallest absolute Gasteiger partial charge is 0.414 e. The van der Waals surface area contributed by atoms with Crippen LogP contribution in [0.5, 0.6) is 5.75 Å². The molecule has 2 heterocycles. The predicted octanol–water partition coefficient (Wildman–Crippen LogP) is 4.31. The van der Waals surface area contributed by atoms with Crippen LogP contribution < -0.4 is 10.1 Å². The van der Waals surface area contributed by atoms with Gasteiger partial charge in [0.1, 0.15) is 17.0 Å². The Kier molecular flexibility index (Phi) is 4.17. The largest absolute Gasteiger partial charge is 0.475 e. The SMILES string of the molecule is C[C@H]1CC=C(c2cc(F)c3c(c2)OC2(CC2)C(=O)N3)N(C(=O)OC(C)(C)C)C1. The van der Waals surface area contributed by atoms with Gasteiger partial charge in [0.2, 0.25) is 0 Å². The zero-order chi connectivity index (χ0) is 20.3. The van der Waals surface area contributed by atoms with Crippen molar-refractivity contribution in [1.82, 2.24) is 4.90 Å². The highest BCUT2D eigenvalue weighted by Gasteiger charge is 2.55. The average molecular weight is 388 g/mol. The molecule has 1 aromatic rings. The van der Waals surface area contributed by atoms with Crippen molar-refractivity contribution >= 4 is 23.4 Å². The highest BCUT2D eigenvalue weighted by atomic mass is 19.1. The summed E-state index contributed by atoms with van der Waals surface area (Å²) in [7, 11) is 0. The molecule has 150 valence electrons. The van der Waals surface area contributed by atoms with Gasteiger partial charge in [-0.05, 0) is 45.2 Å². The van der Waals surface area contributed by atoms with Gasteiger partial charge in [-0.2, -0.15) is 0 Å². The summed E-state index contributed by atoms with van der Waals surface area (Å²) in [5.41, 5.74) is -0.311. The predicted molar refractivity (Wildman–Crippen MR) is 102 cm³/mol. The van der Waals surface area contributed by atoms with E-state index in [1.165, 1.54) is 6.07 Å². The molecule has 0 bridgehead atoms. The minimum Gasteiger partial charge on any atom is -0.475 e. The Morgan fingerprint density at radius 3 is 2.71 bits per heavy atom. The monoisotopic (exact) mass is 388 g/mol. The molecule has 1 aliphatic carbocycles. The first kappa shape index (κ1) is 18.8. The van der Waals surface area contributed by atoms with E-state index >= 15 is 0 Å². The van der Waals surface area contributed by atoms with Gasteiger partial charge in [-0.15, -0.1) is 0 Å². The molecule has 28 heavy (non-hydrogen) atoms. The van der Waals surface area contributed by atoms with Crippen molar-refractivity contribution in [1.29, 1.82) is 0 Å². The van der Waals surface area contributed by atoms with Gasteiger partial charge in [-0.25, -0.2) is 9.18 Å².